The molecule has 0 aliphatic rings. The van der Waals surface area contributed by atoms with E-state index in [-0.39, 0.29) is 6.29 Å². The molecule has 0 radical (unpaired) electrons. The molecule has 1 atom stereocenters. The Labute approximate surface area is 99.6 Å². The third-order valence-electron chi connectivity index (χ3n) is 2.81. The number of aromatic amines is 1. The molecule has 1 aromatic carbocycles. The van der Waals surface area contributed by atoms with Crippen molar-refractivity contribution in [1.82, 2.24) is 14.8 Å². The van der Waals surface area contributed by atoms with Crippen molar-refractivity contribution in [2.75, 3.05) is 28.2 Å². The van der Waals surface area contributed by atoms with Crippen LogP contribution < -0.4 is 9.44 Å². The van der Waals surface area contributed by atoms with E-state index >= 15 is 0 Å². The maximum Gasteiger partial charge on any atom is 0.309 e. The van der Waals surface area contributed by atoms with E-state index in [1.54, 1.807) is 0 Å². The molecule has 2 aromatic rings. The molecule has 1 aromatic heterocycles. The number of nitrogens with one attached hydrogen (secondary N) is 2. The molecule has 0 aliphatic heterocycles. The predicted octanol–water partition coefficient (Wildman–Crippen LogP) is -0.954. The zero-order valence-electron chi connectivity index (χ0n) is 10.6. The van der Waals surface area contributed by atoms with Gasteiger partial charge in [0.05, 0.1) is 18.6 Å². The quantitative estimate of drug-likeness (QED) is 0.534. The van der Waals surface area contributed by atoms with Crippen LogP contribution >= 0.6 is 0 Å². The second-order valence-electron chi connectivity index (χ2n) is 4.67. The number of nitrogens with zero attached hydrogens (tertiary/aromatic N) is 3. The Balaban J connectivity index is 2.66. The number of quaternary nitrogens is 1. The van der Waals surface area contributed by atoms with Gasteiger partial charge < -0.3 is 0 Å². The molecule has 2 N–H and O–H groups in total. The number of aromatic nitrogens is 3. The van der Waals surface area contributed by atoms with Crippen molar-refractivity contribution in [1.29, 1.82) is 0 Å². The third-order valence-corrected chi connectivity index (χ3v) is 2.81. The molecule has 0 spiro atoms. The van der Waals surface area contributed by atoms with Crippen LogP contribution in [-0.2, 0) is 0 Å². The second kappa shape index (κ2) is 4.31. The molecular formula is C11H19N5O+2. The van der Waals surface area contributed by atoms with Crippen molar-refractivity contribution in [2.24, 2.45) is 0 Å². The number of para-hydroxylation sites is 2. The first-order valence-corrected chi connectivity index (χ1v) is 5.60. The molecule has 1 unspecified atom stereocenters. The predicted molar refractivity (Wildman–Crippen MR) is 65.2 cm³/mol. The van der Waals surface area contributed by atoms with E-state index in [0.29, 0.717) is 5.52 Å². The minimum atomic E-state index is 0.0510. The fourth-order valence-electron chi connectivity index (χ4n) is 2.24. The van der Waals surface area contributed by atoms with Gasteiger partial charge >= 0.3 is 6.29 Å². The van der Waals surface area contributed by atoms with Gasteiger partial charge in [0.15, 0.2) is 0 Å². The second-order valence-corrected chi connectivity index (χ2v) is 4.67. The van der Waals surface area contributed by atoms with Gasteiger partial charge in [-0.2, -0.15) is 0 Å². The molecule has 0 saturated carbocycles. The SMILES string of the molecule is CN(C)C(n1[nH][n+](=O)c2ccccc21)[NH+](C)C. The summed E-state index contributed by atoms with van der Waals surface area (Å²) in [5.41, 5.74) is 1.56. The van der Waals surface area contributed by atoms with Crippen LogP contribution in [0.3, 0.4) is 0 Å². The van der Waals surface area contributed by atoms with Crippen molar-refractivity contribution < 1.29 is 9.44 Å². The standard InChI is InChI=1S/C11H18N5O/c1-13(2)11(14(3)4)15-9-7-5-6-8-10(9)16(17)12-15/h5-8,11H,1-4H3,(H,12,17)/q+1/p+1. The van der Waals surface area contributed by atoms with Crippen molar-refractivity contribution in [2.45, 2.75) is 6.29 Å². The molecule has 6 nitrogen and oxygen atoms in total. The highest BCUT2D eigenvalue weighted by Crippen LogP contribution is 2.11. The zero-order valence-corrected chi connectivity index (χ0v) is 10.6. The summed E-state index contributed by atoms with van der Waals surface area (Å²) in [5, 5.41) is 2.83. The molecule has 0 saturated heterocycles. The number of benzene rings is 1. The van der Waals surface area contributed by atoms with Gasteiger partial charge in [-0.25, -0.2) is 4.90 Å². The Hall–Kier alpha value is -1.66. The van der Waals surface area contributed by atoms with E-state index in [1.807, 2.05) is 43.0 Å². The monoisotopic (exact) mass is 237 g/mol. The Morgan fingerprint density at radius 1 is 1.35 bits per heavy atom. The normalized spacial score (nSPS) is 13.8. The molecule has 1 heterocycles. The fourth-order valence-corrected chi connectivity index (χ4v) is 2.24. The minimum absolute atomic E-state index is 0.0510. The van der Waals surface area contributed by atoms with E-state index in [0.717, 1.165) is 10.1 Å². The van der Waals surface area contributed by atoms with Crippen LogP contribution in [0.25, 0.3) is 11.0 Å². The summed E-state index contributed by atoms with van der Waals surface area (Å²) in [6, 6.07) is 7.55. The third kappa shape index (κ3) is 1.96. The number of fused-ring (bicyclic) bond motifs is 1. The number of hydrogen-bond acceptors (Lipinski definition) is 2. The zero-order chi connectivity index (χ0) is 12.6. The smallest absolute Gasteiger partial charge is 0.286 e. The summed E-state index contributed by atoms with van der Waals surface area (Å²) in [5.74, 6) is 0. The Morgan fingerprint density at radius 3 is 2.59 bits per heavy atom. The van der Waals surface area contributed by atoms with E-state index in [9.17, 15) is 4.91 Å². The van der Waals surface area contributed by atoms with Gasteiger partial charge in [-0.3, -0.25) is 4.90 Å². The van der Waals surface area contributed by atoms with Crippen LogP contribution in [0.5, 0.6) is 0 Å². The molecule has 92 valence electrons. The van der Waals surface area contributed by atoms with Gasteiger partial charge in [0.1, 0.15) is 0 Å². The van der Waals surface area contributed by atoms with Crippen molar-refractivity contribution >= 4 is 11.0 Å². The lowest BCUT2D eigenvalue weighted by atomic mass is 10.3. The summed E-state index contributed by atoms with van der Waals surface area (Å²) < 4.78 is 2.69. The lowest BCUT2D eigenvalue weighted by Gasteiger charge is -2.23. The molecule has 17 heavy (non-hydrogen) atoms. The largest absolute Gasteiger partial charge is 0.309 e. The minimum Gasteiger partial charge on any atom is -0.286 e. The Bertz CT molecular complexity index is 560. The van der Waals surface area contributed by atoms with Gasteiger partial charge in [0.25, 0.3) is 0 Å². The molecular weight excluding hydrogens is 218 g/mol. The maximum atomic E-state index is 11.8. The first-order valence-electron chi connectivity index (χ1n) is 5.60. The Kier molecular flexibility index (Phi) is 2.99. The highest BCUT2D eigenvalue weighted by Gasteiger charge is 2.29. The van der Waals surface area contributed by atoms with E-state index in [4.69, 9.17) is 0 Å². The van der Waals surface area contributed by atoms with E-state index < -0.39 is 0 Å². The first-order chi connectivity index (χ1) is 8.02. The van der Waals surface area contributed by atoms with Gasteiger partial charge in [0, 0.05) is 0 Å². The highest BCUT2D eigenvalue weighted by atomic mass is 16.3. The molecule has 0 fully saturated rings. The fraction of sp³-hybridized carbons (Fsp3) is 0.455. The highest BCUT2D eigenvalue weighted by molar-refractivity contribution is 5.70. The van der Waals surface area contributed by atoms with Crippen LogP contribution in [0.2, 0.25) is 0 Å². The van der Waals surface area contributed by atoms with Gasteiger partial charge in [-0.05, 0) is 31.1 Å². The van der Waals surface area contributed by atoms with Crippen LogP contribution in [0.4, 0.5) is 0 Å². The topological polar surface area (TPSA) is 51.4 Å². The van der Waals surface area contributed by atoms with Crippen LogP contribution in [0.1, 0.15) is 6.29 Å². The number of H-pyrrole nitrogens is 1. The average molecular weight is 237 g/mol. The molecule has 0 aliphatic carbocycles. The first kappa shape index (κ1) is 11.8. The van der Waals surface area contributed by atoms with Crippen molar-refractivity contribution in [3.63, 3.8) is 0 Å². The molecule has 0 amide bonds. The summed E-state index contributed by atoms with van der Waals surface area (Å²) >= 11 is 0. The van der Waals surface area contributed by atoms with Crippen LogP contribution in [0.15, 0.2) is 24.3 Å². The number of rotatable bonds is 3. The lowest BCUT2D eigenvalue weighted by molar-refractivity contribution is -0.918. The van der Waals surface area contributed by atoms with E-state index in [1.165, 1.54) is 4.90 Å². The maximum absolute atomic E-state index is 11.8. The average Bonchev–Trinajstić information content (AvgIpc) is 2.56. The Morgan fingerprint density at radius 2 is 2.00 bits per heavy atom. The van der Waals surface area contributed by atoms with Gasteiger partial charge in [-0.15, -0.1) is 0 Å². The summed E-state index contributed by atoms with van der Waals surface area (Å²) in [7, 11) is 8.11. The summed E-state index contributed by atoms with van der Waals surface area (Å²) in [4.78, 5) is 15.0. The van der Waals surface area contributed by atoms with Crippen molar-refractivity contribution in [3.8, 4) is 0 Å². The van der Waals surface area contributed by atoms with Gasteiger partial charge in [-0.1, -0.05) is 22.0 Å². The lowest BCUT2D eigenvalue weighted by Crippen LogP contribution is -3.08. The van der Waals surface area contributed by atoms with Crippen molar-refractivity contribution in [3.05, 3.63) is 29.2 Å². The molecule has 6 heteroatoms. The van der Waals surface area contributed by atoms with Crippen LogP contribution in [-0.4, -0.2) is 43.0 Å². The molecule has 0 bridgehead atoms. The summed E-state index contributed by atoms with van der Waals surface area (Å²) in [6.07, 6.45) is 0.0510. The van der Waals surface area contributed by atoms with E-state index in [2.05, 4.69) is 24.2 Å². The summed E-state index contributed by atoms with van der Waals surface area (Å²) in [6.45, 7) is 0. The van der Waals surface area contributed by atoms with Gasteiger partial charge in [0.2, 0.25) is 11.0 Å². The molecule has 2 rings (SSSR count). The number of hydrogen-bond donors (Lipinski definition) is 2. The van der Waals surface area contributed by atoms with Crippen LogP contribution in [0, 0.1) is 4.91 Å².